The van der Waals surface area contributed by atoms with Crippen molar-refractivity contribution in [3.63, 3.8) is 0 Å². The number of hydrogen-bond donors (Lipinski definition) is 1. The van der Waals surface area contributed by atoms with E-state index in [0.717, 1.165) is 24.4 Å². The molecule has 1 atom stereocenters. The number of rotatable bonds is 4. The zero-order valence-corrected chi connectivity index (χ0v) is 10.6. The largest absolute Gasteiger partial charge is 0.345 e. The van der Waals surface area contributed by atoms with E-state index in [1.54, 1.807) is 6.07 Å². The quantitative estimate of drug-likeness (QED) is 0.851. The van der Waals surface area contributed by atoms with Gasteiger partial charge in [-0.1, -0.05) is 0 Å². The van der Waals surface area contributed by atoms with Crippen LogP contribution in [0.25, 0.3) is 11.0 Å². The van der Waals surface area contributed by atoms with E-state index in [1.807, 2.05) is 18.9 Å². The molecule has 17 heavy (non-hydrogen) atoms. The molecule has 0 amide bonds. The predicted molar refractivity (Wildman–Crippen MR) is 69.3 cm³/mol. The van der Waals surface area contributed by atoms with Crippen molar-refractivity contribution < 1.29 is 4.39 Å². The van der Waals surface area contributed by atoms with E-state index in [0.29, 0.717) is 5.52 Å². The van der Waals surface area contributed by atoms with Crippen molar-refractivity contribution in [2.45, 2.75) is 18.7 Å². The van der Waals surface area contributed by atoms with Crippen LogP contribution in [0.4, 0.5) is 10.3 Å². The minimum absolute atomic E-state index is 0.138. The van der Waals surface area contributed by atoms with E-state index < -0.39 is 0 Å². The standard InChI is InChI=1S/C12H15ClFN3/c1-8(13)5-6-17(2)12-15-10-4-3-9(14)7-11(10)16-12/h3-4,7-8H,5-6H2,1-2H3,(H,15,16). The second kappa shape index (κ2) is 4.92. The molecule has 5 heteroatoms. The summed E-state index contributed by atoms with van der Waals surface area (Å²) in [6.45, 7) is 2.77. The number of alkyl halides is 1. The van der Waals surface area contributed by atoms with Crippen LogP contribution in [0, 0.1) is 5.82 Å². The summed E-state index contributed by atoms with van der Waals surface area (Å²) in [7, 11) is 1.94. The van der Waals surface area contributed by atoms with E-state index in [4.69, 9.17) is 11.6 Å². The minimum Gasteiger partial charge on any atom is -0.345 e. The Bertz CT molecular complexity index is 509. The van der Waals surface area contributed by atoms with Crippen molar-refractivity contribution in [3.8, 4) is 0 Å². The third-order valence-electron chi connectivity index (χ3n) is 2.66. The van der Waals surface area contributed by atoms with Gasteiger partial charge in [-0.25, -0.2) is 9.37 Å². The fourth-order valence-electron chi connectivity index (χ4n) is 1.63. The van der Waals surface area contributed by atoms with Crippen LogP contribution < -0.4 is 4.90 Å². The molecule has 0 spiro atoms. The van der Waals surface area contributed by atoms with Crippen LogP contribution in [0.15, 0.2) is 18.2 Å². The van der Waals surface area contributed by atoms with E-state index in [1.165, 1.54) is 12.1 Å². The Morgan fingerprint density at radius 3 is 3.00 bits per heavy atom. The van der Waals surface area contributed by atoms with E-state index >= 15 is 0 Å². The zero-order chi connectivity index (χ0) is 12.4. The summed E-state index contributed by atoms with van der Waals surface area (Å²) >= 11 is 5.90. The van der Waals surface area contributed by atoms with Gasteiger partial charge in [0.1, 0.15) is 5.82 Å². The highest BCUT2D eigenvalue weighted by Crippen LogP contribution is 2.18. The first-order valence-electron chi connectivity index (χ1n) is 5.57. The molecule has 1 heterocycles. The van der Waals surface area contributed by atoms with Gasteiger partial charge in [0.05, 0.1) is 11.0 Å². The predicted octanol–water partition coefficient (Wildman–Crippen LogP) is 3.16. The summed E-state index contributed by atoms with van der Waals surface area (Å²) in [4.78, 5) is 9.47. The van der Waals surface area contributed by atoms with Crippen LogP contribution in [0.5, 0.6) is 0 Å². The Hall–Kier alpha value is -1.29. The molecular formula is C12H15ClFN3. The molecule has 0 radical (unpaired) electrons. The third kappa shape index (κ3) is 2.88. The highest BCUT2D eigenvalue weighted by Gasteiger charge is 2.08. The number of nitrogens with zero attached hydrogens (tertiary/aromatic N) is 2. The molecule has 0 aliphatic rings. The fourth-order valence-corrected chi connectivity index (χ4v) is 1.72. The maximum absolute atomic E-state index is 13.0. The Morgan fingerprint density at radius 2 is 2.29 bits per heavy atom. The van der Waals surface area contributed by atoms with Crippen molar-refractivity contribution >= 4 is 28.6 Å². The van der Waals surface area contributed by atoms with Crippen LogP contribution in [0.3, 0.4) is 0 Å². The van der Waals surface area contributed by atoms with E-state index in [9.17, 15) is 4.39 Å². The summed E-state index contributed by atoms with van der Waals surface area (Å²) in [5.74, 6) is 0.479. The molecule has 92 valence electrons. The van der Waals surface area contributed by atoms with Crippen LogP contribution in [-0.4, -0.2) is 28.9 Å². The monoisotopic (exact) mass is 255 g/mol. The van der Waals surface area contributed by atoms with Crippen LogP contribution >= 0.6 is 11.6 Å². The Kier molecular flexibility index (Phi) is 3.52. The number of benzene rings is 1. The molecule has 0 bridgehead atoms. The first-order valence-corrected chi connectivity index (χ1v) is 6.00. The second-order valence-corrected chi connectivity index (χ2v) is 4.96. The summed E-state index contributed by atoms with van der Waals surface area (Å²) in [6.07, 6.45) is 0.878. The molecule has 0 fully saturated rings. The third-order valence-corrected chi connectivity index (χ3v) is 2.87. The highest BCUT2D eigenvalue weighted by atomic mass is 35.5. The summed E-state index contributed by atoms with van der Waals surface area (Å²) in [5.41, 5.74) is 1.48. The number of H-pyrrole nitrogens is 1. The molecule has 0 saturated carbocycles. The average molecular weight is 256 g/mol. The molecule has 1 aromatic heterocycles. The second-order valence-electron chi connectivity index (χ2n) is 4.21. The van der Waals surface area contributed by atoms with Gasteiger partial charge >= 0.3 is 0 Å². The van der Waals surface area contributed by atoms with Gasteiger partial charge in [-0.3, -0.25) is 0 Å². The molecule has 1 aromatic carbocycles. The molecule has 2 aromatic rings. The van der Waals surface area contributed by atoms with E-state index in [2.05, 4.69) is 9.97 Å². The lowest BCUT2D eigenvalue weighted by atomic mass is 10.3. The Labute approximate surface area is 105 Å². The van der Waals surface area contributed by atoms with Crippen molar-refractivity contribution in [2.75, 3.05) is 18.5 Å². The molecule has 0 saturated heterocycles. The number of aromatic nitrogens is 2. The number of hydrogen-bond acceptors (Lipinski definition) is 2. The maximum Gasteiger partial charge on any atom is 0.203 e. The number of anilines is 1. The van der Waals surface area contributed by atoms with Crippen molar-refractivity contribution in [2.24, 2.45) is 0 Å². The summed E-state index contributed by atoms with van der Waals surface area (Å²) in [6, 6.07) is 4.53. The van der Waals surface area contributed by atoms with Gasteiger partial charge in [-0.05, 0) is 31.5 Å². The number of aromatic amines is 1. The molecule has 3 nitrogen and oxygen atoms in total. The van der Waals surface area contributed by atoms with Crippen molar-refractivity contribution in [1.82, 2.24) is 9.97 Å². The smallest absolute Gasteiger partial charge is 0.203 e. The van der Waals surface area contributed by atoms with Gasteiger partial charge in [0.2, 0.25) is 5.95 Å². The topological polar surface area (TPSA) is 31.9 Å². The molecular weight excluding hydrogens is 241 g/mol. The average Bonchev–Trinajstić information content (AvgIpc) is 2.68. The minimum atomic E-state index is -0.260. The Morgan fingerprint density at radius 1 is 1.53 bits per heavy atom. The highest BCUT2D eigenvalue weighted by molar-refractivity contribution is 6.20. The first kappa shape index (κ1) is 12.2. The fraction of sp³-hybridized carbons (Fsp3) is 0.417. The number of halogens is 2. The number of nitrogens with one attached hydrogen (secondary N) is 1. The van der Waals surface area contributed by atoms with Gasteiger partial charge in [-0.15, -0.1) is 11.6 Å². The van der Waals surface area contributed by atoms with Gasteiger partial charge in [-0.2, -0.15) is 0 Å². The Balaban J connectivity index is 2.18. The number of imidazole rings is 1. The SMILES string of the molecule is CC(Cl)CCN(C)c1nc2ccc(F)cc2[nH]1. The first-order chi connectivity index (χ1) is 8.06. The van der Waals surface area contributed by atoms with Gasteiger partial charge in [0.25, 0.3) is 0 Å². The molecule has 1 unspecified atom stereocenters. The lowest BCUT2D eigenvalue weighted by molar-refractivity contribution is 0.629. The summed E-state index contributed by atoms with van der Waals surface area (Å²) in [5, 5.41) is 0.138. The lowest BCUT2D eigenvalue weighted by Gasteiger charge is -2.16. The van der Waals surface area contributed by atoms with E-state index in [-0.39, 0.29) is 11.2 Å². The van der Waals surface area contributed by atoms with Crippen molar-refractivity contribution in [1.29, 1.82) is 0 Å². The lowest BCUT2D eigenvalue weighted by Crippen LogP contribution is -2.21. The number of fused-ring (bicyclic) bond motifs is 1. The molecule has 0 aliphatic heterocycles. The van der Waals surface area contributed by atoms with Crippen LogP contribution in [-0.2, 0) is 0 Å². The maximum atomic E-state index is 13.0. The molecule has 2 rings (SSSR count). The van der Waals surface area contributed by atoms with Crippen molar-refractivity contribution in [3.05, 3.63) is 24.0 Å². The molecule has 0 aliphatic carbocycles. The molecule has 1 N–H and O–H groups in total. The van der Waals surface area contributed by atoms with Crippen LogP contribution in [0.2, 0.25) is 0 Å². The summed E-state index contributed by atoms with van der Waals surface area (Å²) < 4.78 is 13.0. The van der Waals surface area contributed by atoms with Gasteiger partial charge in [0, 0.05) is 19.0 Å². The normalized spacial score (nSPS) is 12.9. The van der Waals surface area contributed by atoms with Gasteiger partial charge < -0.3 is 9.88 Å². The van der Waals surface area contributed by atoms with Crippen LogP contribution in [0.1, 0.15) is 13.3 Å². The van der Waals surface area contributed by atoms with Gasteiger partial charge in [0.15, 0.2) is 0 Å². The zero-order valence-electron chi connectivity index (χ0n) is 9.87.